The molecule has 1 aromatic carbocycles. The van der Waals surface area contributed by atoms with Gasteiger partial charge in [0.15, 0.2) is 9.84 Å². The number of anilines is 1. The lowest BCUT2D eigenvalue weighted by atomic mass is 10.1. The lowest BCUT2D eigenvalue weighted by Gasteiger charge is -2.27. The summed E-state index contributed by atoms with van der Waals surface area (Å²) in [6.45, 7) is 6.23. The summed E-state index contributed by atoms with van der Waals surface area (Å²) in [4.78, 5) is 26.9. The first-order valence-electron chi connectivity index (χ1n) is 9.11. The molecule has 1 saturated carbocycles. The Morgan fingerprint density at radius 3 is 2.58 bits per heavy atom. The van der Waals surface area contributed by atoms with Crippen molar-refractivity contribution in [2.75, 3.05) is 23.4 Å². The number of carbonyl (C=O) groups excluding carboxylic acids is 2. The summed E-state index contributed by atoms with van der Waals surface area (Å²) in [6.07, 6.45) is 1.03. The average molecular weight is 378 g/mol. The molecule has 2 amide bonds. The van der Waals surface area contributed by atoms with E-state index in [4.69, 9.17) is 0 Å². The van der Waals surface area contributed by atoms with Gasteiger partial charge in [0.2, 0.25) is 11.8 Å². The Morgan fingerprint density at radius 1 is 1.23 bits per heavy atom. The van der Waals surface area contributed by atoms with E-state index >= 15 is 0 Å². The van der Waals surface area contributed by atoms with Crippen molar-refractivity contribution >= 4 is 27.3 Å². The van der Waals surface area contributed by atoms with Crippen LogP contribution >= 0.6 is 0 Å². The van der Waals surface area contributed by atoms with Gasteiger partial charge in [0.1, 0.15) is 0 Å². The van der Waals surface area contributed by atoms with Crippen LogP contribution in [0.25, 0.3) is 0 Å². The molecule has 3 unspecified atom stereocenters. The van der Waals surface area contributed by atoms with Crippen molar-refractivity contribution in [3.05, 3.63) is 29.3 Å². The van der Waals surface area contributed by atoms with Crippen molar-refractivity contribution in [2.45, 2.75) is 39.7 Å². The van der Waals surface area contributed by atoms with Gasteiger partial charge < -0.3 is 10.2 Å². The second-order valence-electron chi connectivity index (χ2n) is 7.44. The zero-order valence-corrected chi connectivity index (χ0v) is 16.3. The third-order valence-electron chi connectivity index (χ3n) is 5.37. The van der Waals surface area contributed by atoms with E-state index in [2.05, 4.69) is 5.32 Å². The minimum absolute atomic E-state index is 0.0403. The summed E-state index contributed by atoms with van der Waals surface area (Å²) in [5.74, 6) is -0.692. The van der Waals surface area contributed by atoms with Gasteiger partial charge in [-0.3, -0.25) is 9.59 Å². The van der Waals surface area contributed by atoms with Gasteiger partial charge in [0.05, 0.1) is 23.3 Å². The lowest BCUT2D eigenvalue weighted by molar-refractivity contribution is -0.135. The predicted octanol–water partition coefficient (Wildman–Crippen LogP) is 1.91. The molecule has 1 aliphatic heterocycles. The first-order chi connectivity index (χ1) is 12.2. The first-order valence-corrected chi connectivity index (χ1v) is 10.9. The standard InChI is InChI=1S/C19H26N2O4S/c1-4-21(14-7-8-26(24,25)11-14)19(23)16-10-15(16)18(22)20-17-9-12(2)5-6-13(17)3/h5-6,9,14-16H,4,7-8,10-11H2,1-3H3,(H,20,22). The monoisotopic (exact) mass is 378 g/mol. The Bertz CT molecular complexity index is 834. The molecule has 0 aromatic heterocycles. The highest BCUT2D eigenvalue weighted by atomic mass is 32.2. The zero-order valence-electron chi connectivity index (χ0n) is 15.5. The Kier molecular flexibility index (Phi) is 5.10. The normalized spacial score (nSPS) is 26.3. The van der Waals surface area contributed by atoms with E-state index < -0.39 is 9.84 Å². The van der Waals surface area contributed by atoms with E-state index in [1.807, 2.05) is 39.0 Å². The van der Waals surface area contributed by atoms with E-state index in [0.29, 0.717) is 19.4 Å². The molecule has 0 spiro atoms. The molecule has 3 rings (SSSR count). The third-order valence-corrected chi connectivity index (χ3v) is 7.12. The number of aryl methyl sites for hydroxylation is 2. The van der Waals surface area contributed by atoms with E-state index in [9.17, 15) is 18.0 Å². The second kappa shape index (κ2) is 7.02. The molecular formula is C19H26N2O4S. The number of hydrogen-bond donors (Lipinski definition) is 1. The van der Waals surface area contributed by atoms with Gasteiger partial charge in [-0.1, -0.05) is 12.1 Å². The first kappa shape index (κ1) is 18.9. The van der Waals surface area contributed by atoms with Gasteiger partial charge in [0.25, 0.3) is 0 Å². The van der Waals surface area contributed by atoms with Gasteiger partial charge in [-0.15, -0.1) is 0 Å². The maximum absolute atomic E-state index is 12.8. The van der Waals surface area contributed by atoms with E-state index in [-0.39, 0.29) is 41.2 Å². The highest BCUT2D eigenvalue weighted by molar-refractivity contribution is 7.91. The van der Waals surface area contributed by atoms with Crippen LogP contribution in [0.4, 0.5) is 5.69 Å². The fraction of sp³-hybridized carbons (Fsp3) is 0.579. The topological polar surface area (TPSA) is 83.6 Å². The number of benzene rings is 1. The predicted molar refractivity (Wildman–Crippen MR) is 101 cm³/mol. The van der Waals surface area contributed by atoms with Crippen LogP contribution in [0.15, 0.2) is 18.2 Å². The molecule has 3 atom stereocenters. The maximum Gasteiger partial charge on any atom is 0.228 e. The Labute approximate surface area is 154 Å². The van der Waals surface area contributed by atoms with Crippen molar-refractivity contribution in [2.24, 2.45) is 11.8 Å². The van der Waals surface area contributed by atoms with Gasteiger partial charge in [0, 0.05) is 18.3 Å². The molecular weight excluding hydrogens is 352 g/mol. The van der Waals surface area contributed by atoms with Crippen LogP contribution in [0.1, 0.15) is 30.9 Å². The van der Waals surface area contributed by atoms with Crippen molar-refractivity contribution in [3.8, 4) is 0 Å². The fourth-order valence-electron chi connectivity index (χ4n) is 3.68. The molecule has 2 fully saturated rings. The van der Waals surface area contributed by atoms with Gasteiger partial charge in [-0.25, -0.2) is 8.42 Å². The number of rotatable bonds is 5. The SMILES string of the molecule is CCN(C(=O)C1CC1C(=O)Nc1cc(C)ccc1C)C1CCS(=O)(=O)C1. The molecule has 7 heteroatoms. The van der Waals surface area contributed by atoms with E-state index in [1.165, 1.54) is 0 Å². The molecule has 26 heavy (non-hydrogen) atoms. The summed E-state index contributed by atoms with van der Waals surface area (Å²) < 4.78 is 23.4. The summed E-state index contributed by atoms with van der Waals surface area (Å²) in [7, 11) is -3.04. The Morgan fingerprint density at radius 2 is 1.96 bits per heavy atom. The van der Waals surface area contributed by atoms with E-state index in [0.717, 1.165) is 16.8 Å². The van der Waals surface area contributed by atoms with Crippen LogP contribution in [-0.4, -0.2) is 49.2 Å². The van der Waals surface area contributed by atoms with Gasteiger partial charge in [-0.05, 0) is 50.8 Å². The smallest absolute Gasteiger partial charge is 0.228 e. The van der Waals surface area contributed by atoms with Crippen LogP contribution in [0.3, 0.4) is 0 Å². The maximum atomic E-state index is 12.8. The van der Waals surface area contributed by atoms with Crippen molar-refractivity contribution in [1.29, 1.82) is 0 Å². The summed E-state index contributed by atoms with van der Waals surface area (Å²) in [5, 5.41) is 2.93. The average Bonchev–Trinajstić information content (AvgIpc) is 3.30. The third kappa shape index (κ3) is 3.92. The van der Waals surface area contributed by atoms with Crippen LogP contribution in [0.2, 0.25) is 0 Å². The van der Waals surface area contributed by atoms with Crippen molar-refractivity contribution in [3.63, 3.8) is 0 Å². The lowest BCUT2D eigenvalue weighted by Crippen LogP contribution is -2.42. The van der Waals surface area contributed by atoms with Crippen LogP contribution in [-0.2, 0) is 19.4 Å². The largest absolute Gasteiger partial charge is 0.339 e. The number of nitrogens with one attached hydrogen (secondary N) is 1. The number of nitrogens with zero attached hydrogens (tertiary/aromatic N) is 1. The highest BCUT2D eigenvalue weighted by Gasteiger charge is 2.50. The van der Waals surface area contributed by atoms with Crippen LogP contribution in [0.5, 0.6) is 0 Å². The molecule has 6 nitrogen and oxygen atoms in total. The number of amides is 2. The molecule has 1 aromatic rings. The number of sulfone groups is 1. The van der Waals surface area contributed by atoms with Crippen LogP contribution < -0.4 is 5.32 Å². The summed E-state index contributed by atoms with van der Waals surface area (Å²) in [6, 6.07) is 5.62. The second-order valence-corrected chi connectivity index (χ2v) is 9.67. The molecule has 1 heterocycles. The van der Waals surface area contributed by atoms with Crippen molar-refractivity contribution in [1.82, 2.24) is 4.90 Å². The van der Waals surface area contributed by atoms with Gasteiger partial charge in [-0.2, -0.15) is 0 Å². The van der Waals surface area contributed by atoms with E-state index in [1.54, 1.807) is 4.90 Å². The number of hydrogen-bond acceptors (Lipinski definition) is 4. The Balaban J connectivity index is 1.62. The summed E-state index contributed by atoms with van der Waals surface area (Å²) in [5.41, 5.74) is 2.83. The molecule has 2 aliphatic rings. The minimum Gasteiger partial charge on any atom is -0.339 e. The highest BCUT2D eigenvalue weighted by Crippen LogP contribution is 2.41. The molecule has 1 N–H and O–H groups in total. The fourth-order valence-corrected chi connectivity index (χ4v) is 5.41. The van der Waals surface area contributed by atoms with Crippen molar-refractivity contribution < 1.29 is 18.0 Å². The summed E-state index contributed by atoms with van der Waals surface area (Å²) >= 11 is 0. The van der Waals surface area contributed by atoms with Crippen LogP contribution in [0, 0.1) is 25.7 Å². The number of carbonyl (C=O) groups is 2. The molecule has 0 radical (unpaired) electrons. The molecule has 0 bridgehead atoms. The zero-order chi connectivity index (χ0) is 19.1. The van der Waals surface area contributed by atoms with Gasteiger partial charge >= 0.3 is 0 Å². The minimum atomic E-state index is -3.04. The molecule has 1 saturated heterocycles. The molecule has 1 aliphatic carbocycles. The molecule has 142 valence electrons. The Hall–Kier alpha value is -1.89. The quantitative estimate of drug-likeness (QED) is 0.848.